The van der Waals surface area contributed by atoms with E-state index >= 15 is 0 Å². The molecule has 0 aliphatic heterocycles. The Kier molecular flexibility index (Phi) is 6.90. The molecule has 1 aromatic carbocycles. The number of carbonyl (C=O) groups excluding carboxylic acids is 1. The van der Waals surface area contributed by atoms with E-state index in [2.05, 4.69) is 29.8 Å². The zero-order chi connectivity index (χ0) is 12.7. The molecule has 0 saturated heterocycles. The number of benzene rings is 1. The molecular weight excluding hydrogens is 296 g/mol. The Morgan fingerprint density at radius 3 is 2.35 bits per heavy atom. The Hall–Kier alpha value is -0.280. The van der Waals surface area contributed by atoms with Gasteiger partial charge in [0.25, 0.3) is 0 Å². The lowest BCUT2D eigenvalue weighted by Gasteiger charge is -2.10. The molecule has 94 valence electrons. The van der Waals surface area contributed by atoms with Gasteiger partial charge in [-0.2, -0.15) is 0 Å². The molecule has 0 aliphatic rings. The minimum absolute atomic E-state index is 0.367. The lowest BCUT2D eigenvalue weighted by molar-refractivity contribution is -0.117. The highest BCUT2D eigenvalue weighted by Gasteiger charge is 2.10. The fourth-order valence-electron chi connectivity index (χ4n) is 1.65. The smallest absolute Gasteiger partial charge is 0.143 e. The number of thioether (sulfide) groups is 1. The van der Waals surface area contributed by atoms with Crippen LogP contribution in [-0.2, 0) is 4.79 Å². The molecule has 0 spiro atoms. The Labute approximate surface area is 117 Å². The van der Waals surface area contributed by atoms with Gasteiger partial charge in [-0.25, -0.2) is 0 Å². The van der Waals surface area contributed by atoms with Crippen molar-refractivity contribution in [2.45, 2.75) is 38.0 Å². The van der Waals surface area contributed by atoms with E-state index in [1.165, 1.54) is 0 Å². The first kappa shape index (κ1) is 14.8. The molecule has 0 bridgehead atoms. The van der Waals surface area contributed by atoms with Crippen molar-refractivity contribution in [1.29, 1.82) is 0 Å². The minimum Gasteiger partial charge on any atom is -0.299 e. The standard InChI is InChI=1S/C14H19BrOS/c1-3-11(4-2)9-13(16)10-17-14-7-5-12(15)6-8-14/h5-8,11H,3-4,9-10H2,1-2H3. The molecule has 0 heterocycles. The molecule has 0 aromatic heterocycles. The Morgan fingerprint density at radius 2 is 1.82 bits per heavy atom. The van der Waals surface area contributed by atoms with Crippen LogP contribution in [0.2, 0.25) is 0 Å². The van der Waals surface area contributed by atoms with Gasteiger partial charge in [0.05, 0.1) is 5.75 Å². The third-order valence-electron chi connectivity index (χ3n) is 2.88. The summed E-state index contributed by atoms with van der Waals surface area (Å²) in [6.45, 7) is 4.31. The van der Waals surface area contributed by atoms with Crippen molar-refractivity contribution in [3.05, 3.63) is 28.7 Å². The van der Waals surface area contributed by atoms with Crippen LogP contribution in [0.25, 0.3) is 0 Å². The largest absolute Gasteiger partial charge is 0.299 e. The normalized spacial score (nSPS) is 10.8. The van der Waals surface area contributed by atoms with Crippen LogP contribution in [0.5, 0.6) is 0 Å². The van der Waals surface area contributed by atoms with E-state index in [1.54, 1.807) is 11.8 Å². The predicted octanol–water partition coefficient (Wildman–Crippen LogP) is 4.94. The lowest BCUT2D eigenvalue weighted by Crippen LogP contribution is -2.09. The average molecular weight is 315 g/mol. The van der Waals surface area contributed by atoms with Crippen LogP contribution in [0.3, 0.4) is 0 Å². The molecule has 1 rings (SSSR count). The Balaban J connectivity index is 2.35. The Morgan fingerprint density at radius 1 is 1.24 bits per heavy atom. The molecule has 1 aromatic rings. The molecule has 0 atom stereocenters. The summed E-state index contributed by atoms with van der Waals surface area (Å²) in [7, 11) is 0. The fourth-order valence-corrected chi connectivity index (χ4v) is 2.69. The number of Topliss-reactive ketones (excluding diaryl/α,β-unsaturated/α-hetero) is 1. The van der Waals surface area contributed by atoms with Gasteiger partial charge in [-0.3, -0.25) is 4.79 Å². The second-order valence-corrected chi connectivity index (χ2v) is 6.13. The van der Waals surface area contributed by atoms with Gasteiger partial charge in [0.2, 0.25) is 0 Å². The first-order valence-corrected chi connectivity index (χ1v) is 7.83. The van der Waals surface area contributed by atoms with E-state index in [9.17, 15) is 4.79 Å². The van der Waals surface area contributed by atoms with Crippen LogP contribution in [-0.4, -0.2) is 11.5 Å². The van der Waals surface area contributed by atoms with Crippen molar-refractivity contribution >= 4 is 33.5 Å². The molecule has 0 fully saturated rings. The van der Waals surface area contributed by atoms with E-state index in [0.29, 0.717) is 17.5 Å². The number of hydrogen-bond donors (Lipinski definition) is 0. The topological polar surface area (TPSA) is 17.1 Å². The number of rotatable bonds is 7. The van der Waals surface area contributed by atoms with E-state index < -0.39 is 0 Å². The second-order valence-electron chi connectivity index (χ2n) is 4.17. The van der Waals surface area contributed by atoms with Crippen LogP contribution in [0.1, 0.15) is 33.1 Å². The number of carbonyl (C=O) groups is 1. The monoisotopic (exact) mass is 314 g/mol. The third-order valence-corrected chi connectivity index (χ3v) is 4.48. The zero-order valence-electron chi connectivity index (χ0n) is 10.4. The van der Waals surface area contributed by atoms with Crippen molar-refractivity contribution < 1.29 is 4.79 Å². The summed E-state index contributed by atoms with van der Waals surface area (Å²) in [5, 5.41) is 0. The van der Waals surface area contributed by atoms with Gasteiger partial charge in [-0.15, -0.1) is 11.8 Å². The molecule has 0 aliphatic carbocycles. The highest BCUT2D eigenvalue weighted by atomic mass is 79.9. The van der Waals surface area contributed by atoms with Crippen molar-refractivity contribution in [2.24, 2.45) is 5.92 Å². The van der Waals surface area contributed by atoms with Crippen LogP contribution < -0.4 is 0 Å². The molecule has 17 heavy (non-hydrogen) atoms. The number of halogens is 1. The van der Waals surface area contributed by atoms with Crippen molar-refractivity contribution in [1.82, 2.24) is 0 Å². The van der Waals surface area contributed by atoms with E-state index in [1.807, 2.05) is 24.3 Å². The summed E-state index contributed by atoms with van der Waals surface area (Å²) in [5.41, 5.74) is 0. The molecule has 0 unspecified atom stereocenters. The van der Waals surface area contributed by atoms with Crippen molar-refractivity contribution in [3.8, 4) is 0 Å². The fraction of sp³-hybridized carbons (Fsp3) is 0.500. The summed E-state index contributed by atoms with van der Waals surface area (Å²) >= 11 is 5.03. The zero-order valence-corrected chi connectivity index (χ0v) is 12.8. The van der Waals surface area contributed by atoms with Crippen LogP contribution in [0.4, 0.5) is 0 Å². The summed E-state index contributed by atoms with van der Waals surface area (Å²) in [6.07, 6.45) is 2.94. The maximum absolute atomic E-state index is 11.8. The summed E-state index contributed by atoms with van der Waals surface area (Å²) in [6, 6.07) is 8.10. The van der Waals surface area contributed by atoms with Gasteiger partial charge in [0, 0.05) is 15.8 Å². The van der Waals surface area contributed by atoms with Crippen LogP contribution >= 0.6 is 27.7 Å². The maximum atomic E-state index is 11.8. The second kappa shape index (κ2) is 7.93. The van der Waals surface area contributed by atoms with E-state index in [4.69, 9.17) is 0 Å². The quantitative estimate of drug-likeness (QED) is 0.663. The van der Waals surface area contributed by atoms with E-state index in [0.717, 1.165) is 28.6 Å². The third kappa shape index (κ3) is 5.73. The first-order valence-electron chi connectivity index (χ1n) is 6.05. The Bertz CT molecular complexity index is 344. The number of hydrogen-bond acceptors (Lipinski definition) is 2. The van der Waals surface area contributed by atoms with Crippen molar-refractivity contribution in [3.63, 3.8) is 0 Å². The van der Waals surface area contributed by atoms with Gasteiger partial charge in [-0.05, 0) is 30.2 Å². The van der Waals surface area contributed by atoms with Gasteiger partial charge >= 0.3 is 0 Å². The summed E-state index contributed by atoms with van der Waals surface area (Å²) < 4.78 is 1.07. The molecule has 1 nitrogen and oxygen atoms in total. The molecule has 0 saturated carbocycles. The summed E-state index contributed by atoms with van der Waals surface area (Å²) in [4.78, 5) is 12.9. The average Bonchev–Trinajstić information content (AvgIpc) is 2.35. The highest BCUT2D eigenvalue weighted by Crippen LogP contribution is 2.22. The molecule has 0 amide bonds. The number of ketones is 1. The molecular formula is C14H19BrOS. The lowest BCUT2D eigenvalue weighted by atomic mass is 9.98. The molecule has 3 heteroatoms. The van der Waals surface area contributed by atoms with Gasteiger partial charge in [-0.1, -0.05) is 42.6 Å². The predicted molar refractivity (Wildman–Crippen MR) is 78.6 cm³/mol. The van der Waals surface area contributed by atoms with Gasteiger partial charge in [0.15, 0.2) is 0 Å². The van der Waals surface area contributed by atoms with Gasteiger partial charge < -0.3 is 0 Å². The van der Waals surface area contributed by atoms with Gasteiger partial charge in [0.1, 0.15) is 5.78 Å². The maximum Gasteiger partial charge on any atom is 0.143 e. The SMILES string of the molecule is CCC(CC)CC(=O)CSc1ccc(Br)cc1. The minimum atomic E-state index is 0.367. The van der Waals surface area contributed by atoms with Crippen molar-refractivity contribution in [2.75, 3.05) is 5.75 Å². The summed E-state index contributed by atoms with van der Waals surface area (Å²) in [5.74, 6) is 1.53. The first-order chi connectivity index (χ1) is 8.15. The van der Waals surface area contributed by atoms with Crippen LogP contribution in [0, 0.1) is 5.92 Å². The molecule has 0 N–H and O–H groups in total. The highest BCUT2D eigenvalue weighted by molar-refractivity contribution is 9.10. The van der Waals surface area contributed by atoms with E-state index in [-0.39, 0.29) is 0 Å². The van der Waals surface area contributed by atoms with Crippen LogP contribution in [0.15, 0.2) is 33.6 Å². The molecule has 0 radical (unpaired) electrons.